The molecular formula is C30H31N3O4S. The summed E-state index contributed by atoms with van der Waals surface area (Å²) in [6.07, 6.45) is 0.840. The van der Waals surface area contributed by atoms with E-state index in [2.05, 4.69) is 4.90 Å². The zero-order valence-corrected chi connectivity index (χ0v) is 22.3. The number of benzene rings is 3. The van der Waals surface area contributed by atoms with Crippen LogP contribution in [-0.4, -0.2) is 61.8 Å². The van der Waals surface area contributed by atoms with Crippen LogP contribution in [0.5, 0.6) is 17.2 Å². The van der Waals surface area contributed by atoms with Gasteiger partial charge in [0.1, 0.15) is 22.8 Å². The van der Waals surface area contributed by atoms with E-state index in [4.69, 9.17) is 19.2 Å². The molecule has 3 aromatic carbocycles. The molecule has 6 rings (SSSR count). The molecule has 0 saturated carbocycles. The standard InChI is InChI=1S/C30H31N3O4S/c1-2-36-25-13-7-14-26-28(25)31-30(38-26)33(16-8-15-32-17-19-35-20-18-32)29(34)27-21-9-3-5-11-23(21)37-24-12-6-4-10-22(24)27/h3-7,9-14,27H,2,8,15-20H2,1H3. The maximum absolute atomic E-state index is 14.6. The maximum Gasteiger partial charge on any atom is 0.241 e. The lowest BCUT2D eigenvalue weighted by Gasteiger charge is -2.32. The number of rotatable bonds is 8. The van der Waals surface area contributed by atoms with Crippen LogP contribution in [0.15, 0.2) is 66.7 Å². The number of fused-ring (bicyclic) bond motifs is 3. The summed E-state index contributed by atoms with van der Waals surface area (Å²) >= 11 is 1.54. The summed E-state index contributed by atoms with van der Waals surface area (Å²) in [7, 11) is 0. The largest absolute Gasteiger partial charge is 0.492 e. The van der Waals surface area contributed by atoms with Crippen LogP contribution in [0, 0.1) is 0 Å². The molecule has 1 fully saturated rings. The molecule has 1 amide bonds. The highest BCUT2D eigenvalue weighted by Crippen LogP contribution is 2.45. The normalized spacial score (nSPS) is 15.5. The van der Waals surface area contributed by atoms with Gasteiger partial charge in [0, 0.05) is 37.3 Å². The third kappa shape index (κ3) is 4.87. The molecule has 0 unspecified atom stereocenters. The van der Waals surface area contributed by atoms with Crippen molar-refractivity contribution in [2.24, 2.45) is 0 Å². The molecule has 0 N–H and O–H groups in total. The Bertz CT molecular complexity index is 1390. The Balaban J connectivity index is 1.38. The molecule has 2 aliphatic heterocycles. The van der Waals surface area contributed by atoms with E-state index in [9.17, 15) is 4.79 Å². The van der Waals surface area contributed by atoms with Gasteiger partial charge in [-0.2, -0.15) is 0 Å². The van der Waals surface area contributed by atoms with E-state index in [0.29, 0.717) is 18.3 Å². The van der Waals surface area contributed by atoms with E-state index in [-0.39, 0.29) is 5.91 Å². The minimum absolute atomic E-state index is 0.00666. The minimum atomic E-state index is -0.474. The second-order valence-corrected chi connectivity index (χ2v) is 10.4. The van der Waals surface area contributed by atoms with Crippen molar-refractivity contribution in [2.75, 3.05) is 50.9 Å². The summed E-state index contributed by atoms with van der Waals surface area (Å²) < 4.78 is 18.5. The number of hydrogen-bond donors (Lipinski definition) is 0. The predicted octanol–water partition coefficient (Wildman–Crippen LogP) is 5.69. The lowest BCUT2D eigenvalue weighted by atomic mass is 9.87. The molecule has 0 bridgehead atoms. The van der Waals surface area contributed by atoms with Gasteiger partial charge in [0.05, 0.1) is 30.4 Å². The van der Waals surface area contributed by atoms with Crippen molar-refractivity contribution in [2.45, 2.75) is 19.3 Å². The average Bonchev–Trinajstić information content (AvgIpc) is 3.39. The van der Waals surface area contributed by atoms with Gasteiger partial charge in [-0.25, -0.2) is 4.98 Å². The average molecular weight is 530 g/mol. The molecule has 0 aliphatic carbocycles. The van der Waals surface area contributed by atoms with Crippen LogP contribution >= 0.6 is 11.3 Å². The first kappa shape index (κ1) is 24.9. The van der Waals surface area contributed by atoms with Gasteiger partial charge in [0.25, 0.3) is 0 Å². The monoisotopic (exact) mass is 529 g/mol. The highest BCUT2D eigenvalue weighted by atomic mass is 32.1. The van der Waals surface area contributed by atoms with E-state index in [1.165, 1.54) is 11.3 Å². The van der Waals surface area contributed by atoms with Crippen LogP contribution in [0.1, 0.15) is 30.4 Å². The molecule has 3 heterocycles. The first-order chi connectivity index (χ1) is 18.7. The Kier molecular flexibility index (Phi) is 7.27. The summed E-state index contributed by atoms with van der Waals surface area (Å²) in [4.78, 5) is 23.8. The smallest absolute Gasteiger partial charge is 0.241 e. The molecule has 38 heavy (non-hydrogen) atoms. The van der Waals surface area contributed by atoms with Gasteiger partial charge in [-0.1, -0.05) is 53.8 Å². The molecule has 2 aliphatic rings. The quantitative estimate of drug-likeness (QED) is 0.292. The first-order valence-electron chi connectivity index (χ1n) is 13.2. The van der Waals surface area contributed by atoms with Crippen molar-refractivity contribution in [3.63, 3.8) is 0 Å². The number of thiazole rings is 1. The molecule has 1 aromatic heterocycles. The number of anilines is 1. The zero-order chi connectivity index (χ0) is 25.9. The molecule has 4 aromatic rings. The van der Waals surface area contributed by atoms with E-state index < -0.39 is 5.92 Å². The first-order valence-corrected chi connectivity index (χ1v) is 14.0. The van der Waals surface area contributed by atoms with E-state index >= 15 is 0 Å². The minimum Gasteiger partial charge on any atom is -0.492 e. The number of carbonyl (C=O) groups excluding carboxylic acids is 1. The van der Waals surface area contributed by atoms with Crippen molar-refractivity contribution < 1.29 is 19.0 Å². The third-order valence-corrected chi connectivity index (χ3v) is 8.10. The third-order valence-electron chi connectivity index (χ3n) is 7.05. The molecule has 0 radical (unpaired) electrons. The molecular weight excluding hydrogens is 498 g/mol. The van der Waals surface area contributed by atoms with Gasteiger partial charge in [0.2, 0.25) is 5.91 Å². The number of nitrogens with zero attached hydrogens (tertiary/aromatic N) is 3. The van der Waals surface area contributed by atoms with Gasteiger partial charge < -0.3 is 14.2 Å². The van der Waals surface area contributed by atoms with Crippen LogP contribution < -0.4 is 14.4 Å². The van der Waals surface area contributed by atoms with Crippen LogP contribution in [0.3, 0.4) is 0 Å². The topological polar surface area (TPSA) is 64.1 Å². The van der Waals surface area contributed by atoms with Gasteiger partial charge in [-0.15, -0.1) is 0 Å². The van der Waals surface area contributed by atoms with Gasteiger partial charge in [0.15, 0.2) is 5.13 Å². The number of amides is 1. The highest BCUT2D eigenvalue weighted by molar-refractivity contribution is 7.22. The van der Waals surface area contributed by atoms with Crippen molar-refractivity contribution in [1.29, 1.82) is 0 Å². The number of hydrogen-bond acceptors (Lipinski definition) is 7. The molecule has 1 saturated heterocycles. The highest BCUT2D eigenvalue weighted by Gasteiger charge is 2.36. The van der Waals surface area contributed by atoms with E-state index in [1.54, 1.807) is 0 Å². The van der Waals surface area contributed by atoms with Crippen molar-refractivity contribution in [1.82, 2.24) is 9.88 Å². The molecule has 196 valence electrons. The van der Waals surface area contributed by atoms with Gasteiger partial charge in [-0.05, 0) is 37.6 Å². The van der Waals surface area contributed by atoms with Crippen LogP contribution in [-0.2, 0) is 9.53 Å². The van der Waals surface area contributed by atoms with Crippen molar-refractivity contribution >= 4 is 32.6 Å². The fourth-order valence-electron chi connectivity index (χ4n) is 5.21. The molecule has 7 nitrogen and oxygen atoms in total. The molecule has 0 spiro atoms. The van der Waals surface area contributed by atoms with Gasteiger partial charge >= 0.3 is 0 Å². The van der Waals surface area contributed by atoms with Crippen LogP contribution in [0.4, 0.5) is 5.13 Å². The van der Waals surface area contributed by atoms with E-state index in [1.807, 2.05) is 78.6 Å². The number of aromatic nitrogens is 1. The fourth-order valence-corrected chi connectivity index (χ4v) is 6.22. The summed E-state index contributed by atoms with van der Waals surface area (Å²) in [5, 5.41) is 0.695. The van der Waals surface area contributed by atoms with Crippen molar-refractivity contribution in [3.8, 4) is 17.2 Å². The number of morpholine rings is 1. The van der Waals surface area contributed by atoms with E-state index in [0.717, 1.165) is 77.9 Å². The van der Waals surface area contributed by atoms with Crippen molar-refractivity contribution in [3.05, 3.63) is 77.9 Å². The number of ether oxygens (including phenoxy) is 3. The summed E-state index contributed by atoms with van der Waals surface area (Å²) in [6.45, 7) is 7.37. The predicted molar refractivity (Wildman–Crippen MR) is 150 cm³/mol. The Morgan fingerprint density at radius 2 is 1.74 bits per heavy atom. The van der Waals surface area contributed by atoms with Crippen LogP contribution in [0.2, 0.25) is 0 Å². The SMILES string of the molecule is CCOc1cccc2sc(N(CCCN3CCOCC3)C(=O)C3c4ccccc4Oc4ccccc43)nc12. The fraction of sp³-hybridized carbons (Fsp3) is 0.333. The number of carbonyl (C=O) groups is 1. The Morgan fingerprint density at radius 3 is 2.45 bits per heavy atom. The molecule has 8 heteroatoms. The molecule has 0 atom stereocenters. The van der Waals surface area contributed by atoms with Gasteiger partial charge in [-0.3, -0.25) is 14.6 Å². The number of para-hydroxylation sites is 3. The Hall–Kier alpha value is -3.46. The second kappa shape index (κ2) is 11.1. The Labute approximate surface area is 226 Å². The summed E-state index contributed by atoms with van der Waals surface area (Å²) in [5.41, 5.74) is 2.56. The lowest BCUT2D eigenvalue weighted by molar-refractivity contribution is -0.119. The summed E-state index contributed by atoms with van der Waals surface area (Å²) in [5.74, 6) is 1.72. The summed E-state index contributed by atoms with van der Waals surface area (Å²) in [6, 6.07) is 21.6. The second-order valence-electron chi connectivity index (χ2n) is 9.44. The Morgan fingerprint density at radius 1 is 1.03 bits per heavy atom. The zero-order valence-electron chi connectivity index (χ0n) is 21.5. The maximum atomic E-state index is 14.6. The lowest BCUT2D eigenvalue weighted by Crippen LogP contribution is -2.40. The van der Waals surface area contributed by atoms with Crippen LogP contribution in [0.25, 0.3) is 10.2 Å².